The Kier molecular flexibility index (Phi) is 6.39. The largest absolute Gasteiger partial charge is 0.497 e. The number of hydrogen-bond donors (Lipinski definition) is 1. The first-order valence-corrected chi connectivity index (χ1v) is 10.5. The smallest absolute Gasteiger partial charge is 0.265 e. The van der Waals surface area contributed by atoms with Gasteiger partial charge >= 0.3 is 0 Å². The highest BCUT2D eigenvalue weighted by Gasteiger charge is 2.29. The summed E-state index contributed by atoms with van der Waals surface area (Å²) in [5.41, 5.74) is 2.55. The van der Waals surface area contributed by atoms with Gasteiger partial charge in [-0.25, -0.2) is 9.99 Å². The first-order chi connectivity index (χ1) is 15.6. The molecule has 1 aliphatic heterocycles. The lowest BCUT2D eigenvalue weighted by Crippen LogP contribution is -2.44. The molecule has 2 amide bonds. The number of benzene rings is 2. The van der Waals surface area contributed by atoms with Crippen LogP contribution in [0.15, 0.2) is 48.5 Å². The van der Waals surface area contributed by atoms with Crippen molar-refractivity contribution in [3.05, 3.63) is 59.9 Å². The summed E-state index contributed by atoms with van der Waals surface area (Å²) in [6.45, 7) is 1.04. The van der Waals surface area contributed by atoms with Crippen LogP contribution >= 0.6 is 0 Å². The fourth-order valence-electron chi connectivity index (χ4n) is 3.80. The Labute approximate surface area is 186 Å². The predicted molar refractivity (Wildman–Crippen MR) is 121 cm³/mol. The molecule has 0 unspecified atom stereocenters. The zero-order valence-corrected chi connectivity index (χ0v) is 18.2. The number of fused-ring (bicyclic) bond motifs is 1. The minimum Gasteiger partial charge on any atom is -0.497 e. The van der Waals surface area contributed by atoms with Gasteiger partial charge in [0.2, 0.25) is 5.91 Å². The summed E-state index contributed by atoms with van der Waals surface area (Å²) in [5.74, 6) is 1.73. The van der Waals surface area contributed by atoms with Crippen molar-refractivity contribution in [1.29, 1.82) is 0 Å². The zero-order chi connectivity index (χ0) is 22.5. The number of rotatable bonds is 7. The highest BCUT2D eigenvalue weighted by Crippen LogP contribution is 2.25. The van der Waals surface area contributed by atoms with Gasteiger partial charge in [-0.3, -0.25) is 14.6 Å². The number of amides is 2. The monoisotopic (exact) mass is 434 g/mol. The van der Waals surface area contributed by atoms with E-state index in [0.29, 0.717) is 31.0 Å². The third-order valence-electron chi connectivity index (χ3n) is 5.43. The summed E-state index contributed by atoms with van der Waals surface area (Å²) in [5, 5.41) is 3.04. The van der Waals surface area contributed by atoms with Crippen LogP contribution in [0.1, 0.15) is 24.2 Å². The SMILES string of the molecule is COc1ccc(OC)c(C=CC(=O)N2CCCN2C(=O)CCc2nc3ccccc3[nH]2)c1. The lowest BCUT2D eigenvalue weighted by atomic mass is 10.1. The highest BCUT2D eigenvalue weighted by molar-refractivity contribution is 5.94. The van der Waals surface area contributed by atoms with E-state index in [-0.39, 0.29) is 18.2 Å². The normalized spacial score (nSPS) is 13.8. The Hall–Kier alpha value is -3.81. The van der Waals surface area contributed by atoms with Crippen LogP contribution < -0.4 is 9.47 Å². The minimum absolute atomic E-state index is 0.0938. The molecule has 0 radical (unpaired) electrons. The maximum absolute atomic E-state index is 12.8. The molecule has 1 N–H and O–H groups in total. The fraction of sp³-hybridized carbons (Fsp3) is 0.292. The quantitative estimate of drug-likeness (QED) is 0.577. The molecular formula is C24H26N4O4. The number of para-hydroxylation sites is 2. The molecule has 32 heavy (non-hydrogen) atoms. The first-order valence-electron chi connectivity index (χ1n) is 10.5. The number of aryl methyl sites for hydroxylation is 1. The van der Waals surface area contributed by atoms with Gasteiger partial charge in [0, 0.05) is 37.6 Å². The van der Waals surface area contributed by atoms with Gasteiger partial charge in [0.1, 0.15) is 17.3 Å². The summed E-state index contributed by atoms with van der Waals surface area (Å²) in [6.07, 6.45) is 4.65. The Bertz CT molecular complexity index is 1120. The van der Waals surface area contributed by atoms with Crippen molar-refractivity contribution in [2.75, 3.05) is 27.3 Å². The molecule has 0 saturated carbocycles. The van der Waals surface area contributed by atoms with Gasteiger partial charge in [-0.2, -0.15) is 0 Å². The average Bonchev–Trinajstić information content (AvgIpc) is 3.47. The molecule has 0 spiro atoms. The van der Waals surface area contributed by atoms with E-state index in [1.807, 2.05) is 24.3 Å². The second-order valence-electron chi connectivity index (χ2n) is 7.47. The third-order valence-corrected chi connectivity index (χ3v) is 5.43. The Morgan fingerprint density at radius 3 is 2.69 bits per heavy atom. The van der Waals surface area contributed by atoms with E-state index in [4.69, 9.17) is 9.47 Å². The van der Waals surface area contributed by atoms with Gasteiger partial charge in [0.15, 0.2) is 0 Å². The molecule has 1 aromatic heterocycles. The molecule has 1 saturated heterocycles. The van der Waals surface area contributed by atoms with Crippen LogP contribution in [-0.2, 0) is 16.0 Å². The summed E-state index contributed by atoms with van der Waals surface area (Å²) in [4.78, 5) is 33.4. The van der Waals surface area contributed by atoms with Crippen molar-refractivity contribution in [1.82, 2.24) is 20.0 Å². The molecule has 8 nitrogen and oxygen atoms in total. The number of aromatic nitrogens is 2. The van der Waals surface area contributed by atoms with Crippen LogP contribution in [0.5, 0.6) is 11.5 Å². The van der Waals surface area contributed by atoms with E-state index < -0.39 is 0 Å². The number of nitrogens with zero attached hydrogens (tertiary/aromatic N) is 3. The lowest BCUT2D eigenvalue weighted by molar-refractivity contribution is -0.154. The molecule has 1 fully saturated rings. The number of carbonyl (C=O) groups excluding carboxylic acids is 2. The van der Waals surface area contributed by atoms with Gasteiger partial charge in [-0.15, -0.1) is 0 Å². The number of aromatic amines is 1. The second-order valence-corrected chi connectivity index (χ2v) is 7.47. The number of carbonyl (C=O) groups is 2. The summed E-state index contributed by atoms with van der Waals surface area (Å²) >= 11 is 0. The molecule has 0 bridgehead atoms. The zero-order valence-electron chi connectivity index (χ0n) is 18.2. The summed E-state index contributed by atoms with van der Waals surface area (Å²) < 4.78 is 10.6. The van der Waals surface area contributed by atoms with Crippen molar-refractivity contribution in [3.8, 4) is 11.5 Å². The molecule has 8 heteroatoms. The Morgan fingerprint density at radius 1 is 1.09 bits per heavy atom. The number of H-pyrrole nitrogens is 1. The van der Waals surface area contributed by atoms with Crippen LogP contribution in [0, 0.1) is 0 Å². The number of nitrogens with one attached hydrogen (secondary N) is 1. The van der Waals surface area contributed by atoms with Gasteiger partial charge < -0.3 is 14.5 Å². The molecule has 3 aromatic rings. The van der Waals surface area contributed by atoms with E-state index in [1.165, 1.54) is 16.1 Å². The Balaban J connectivity index is 1.40. The van der Waals surface area contributed by atoms with Gasteiger partial charge in [0.25, 0.3) is 5.91 Å². The molecule has 2 heterocycles. The maximum Gasteiger partial charge on any atom is 0.265 e. The first kappa shape index (κ1) is 21.4. The van der Waals surface area contributed by atoms with E-state index >= 15 is 0 Å². The van der Waals surface area contributed by atoms with Crippen LogP contribution in [0.25, 0.3) is 17.1 Å². The van der Waals surface area contributed by atoms with E-state index in [2.05, 4.69) is 9.97 Å². The lowest BCUT2D eigenvalue weighted by Gasteiger charge is -2.26. The van der Waals surface area contributed by atoms with Crippen LogP contribution in [-0.4, -0.2) is 59.1 Å². The van der Waals surface area contributed by atoms with Crippen LogP contribution in [0.3, 0.4) is 0 Å². The number of hydrazine groups is 1. The number of ether oxygens (including phenoxy) is 2. The Morgan fingerprint density at radius 2 is 1.91 bits per heavy atom. The minimum atomic E-state index is -0.246. The number of methoxy groups -OCH3 is 2. The summed E-state index contributed by atoms with van der Waals surface area (Å²) in [7, 11) is 3.16. The average molecular weight is 434 g/mol. The predicted octanol–water partition coefficient (Wildman–Crippen LogP) is 3.20. The molecule has 0 aliphatic carbocycles. The van der Waals surface area contributed by atoms with Gasteiger partial charge in [-0.05, 0) is 42.8 Å². The summed E-state index contributed by atoms with van der Waals surface area (Å²) in [6, 6.07) is 13.1. The van der Waals surface area contributed by atoms with Crippen LogP contribution in [0.4, 0.5) is 0 Å². The van der Waals surface area contributed by atoms with Crippen LogP contribution in [0.2, 0.25) is 0 Å². The number of hydrogen-bond acceptors (Lipinski definition) is 5. The molecule has 0 atom stereocenters. The molecular weight excluding hydrogens is 408 g/mol. The van der Waals surface area contributed by atoms with Gasteiger partial charge in [-0.1, -0.05) is 12.1 Å². The van der Waals surface area contributed by atoms with E-state index in [0.717, 1.165) is 28.8 Å². The molecule has 4 rings (SSSR count). The second kappa shape index (κ2) is 9.55. The van der Waals surface area contributed by atoms with Gasteiger partial charge in [0.05, 0.1) is 25.3 Å². The fourth-order valence-corrected chi connectivity index (χ4v) is 3.80. The van der Waals surface area contributed by atoms with Crippen molar-refractivity contribution in [3.63, 3.8) is 0 Å². The molecule has 2 aromatic carbocycles. The van der Waals surface area contributed by atoms with E-state index in [9.17, 15) is 9.59 Å². The van der Waals surface area contributed by atoms with Crippen molar-refractivity contribution < 1.29 is 19.1 Å². The molecule has 166 valence electrons. The van der Waals surface area contributed by atoms with Crippen molar-refractivity contribution in [2.45, 2.75) is 19.3 Å². The van der Waals surface area contributed by atoms with E-state index in [1.54, 1.807) is 38.5 Å². The number of imidazole rings is 1. The standard InChI is InChI=1S/C24H26N4O4/c1-31-18-9-10-21(32-2)17(16-18)8-12-23(29)27-14-5-15-28(27)24(30)13-11-22-25-19-6-3-4-7-20(19)26-22/h3-4,6-10,12,16H,5,11,13-15H2,1-2H3,(H,25,26). The topological polar surface area (TPSA) is 87.8 Å². The highest BCUT2D eigenvalue weighted by atomic mass is 16.5. The maximum atomic E-state index is 12.8. The van der Waals surface area contributed by atoms with Crippen molar-refractivity contribution >= 4 is 28.9 Å². The molecule has 1 aliphatic rings. The van der Waals surface area contributed by atoms with Crippen molar-refractivity contribution in [2.24, 2.45) is 0 Å². The third kappa shape index (κ3) is 4.59.